The Kier molecular flexibility index (Phi) is 5.53. The molecule has 0 aliphatic rings. The summed E-state index contributed by atoms with van der Waals surface area (Å²) in [5.74, 6) is 2.42. The molecule has 0 bridgehead atoms. The van der Waals surface area contributed by atoms with Crippen molar-refractivity contribution in [3.63, 3.8) is 0 Å². The van der Waals surface area contributed by atoms with Gasteiger partial charge in [-0.05, 0) is 32.0 Å². The van der Waals surface area contributed by atoms with Gasteiger partial charge in [0.25, 0.3) is 0 Å². The topological polar surface area (TPSA) is 39.7 Å². The van der Waals surface area contributed by atoms with E-state index >= 15 is 0 Å². The zero-order valence-corrected chi connectivity index (χ0v) is 13.6. The van der Waals surface area contributed by atoms with Crippen molar-refractivity contribution in [2.24, 2.45) is 0 Å². The number of nitrogens with one attached hydrogen (secondary N) is 1. The van der Waals surface area contributed by atoms with Crippen molar-refractivity contribution in [1.29, 1.82) is 0 Å². The number of ether oxygens (including phenoxy) is 3. The van der Waals surface area contributed by atoms with Gasteiger partial charge in [-0.25, -0.2) is 0 Å². The molecular weight excluding hydrogens is 278 g/mol. The maximum Gasteiger partial charge on any atom is 0.145 e. The zero-order valence-electron chi connectivity index (χ0n) is 13.6. The standard InChI is InChI=1S/C18H23NO3/c1-13(2)22-17-8-6-5-7-14(17)12-19-16-10-9-15(20-3)11-18(16)21-4/h5-11,13,19H,12H2,1-4H3. The Hall–Kier alpha value is -2.36. The third kappa shape index (κ3) is 4.07. The van der Waals surface area contributed by atoms with Gasteiger partial charge >= 0.3 is 0 Å². The molecule has 2 rings (SSSR count). The lowest BCUT2D eigenvalue weighted by Gasteiger charge is -2.16. The molecule has 0 atom stereocenters. The van der Waals surface area contributed by atoms with E-state index in [4.69, 9.17) is 14.2 Å². The summed E-state index contributed by atoms with van der Waals surface area (Å²) in [6.07, 6.45) is 0.150. The second kappa shape index (κ2) is 7.59. The quantitative estimate of drug-likeness (QED) is 0.835. The highest BCUT2D eigenvalue weighted by molar-refractivity contribution is 5.59. The highest BCUT2D eigenvalue weighted by Crippen LogP contribution is 2.30. The Morgan fingerprint density at radius 3 is 2.41 bits per heavy atom. The van der Waals surface area contributed by atoms with Crippen LogP contribution in [0.2, 0.25) is 0 Å². The van der Waals surface area contributed by atoms with Crippen molar-refractivity contribution in [3.05, 3.63) is 48.0 Å². The first-order valence-corrected chi connectivity index (χ1v) is 7.34. The molecule has 0 unspecified atom stereocenters. The fourth-order valence-corrected chi connectivity index (χ4v) is 2.15. The average molecular weight is 301 g/mol. The van der Waals surface area contributed by atoms with Gasteiger partial charge in [-0.3, -0.25) is 0 Å². The van der Waals surface area contributed by atoms with Crippen molar-refractivity contribution in [3.8, 4) is 17.2 Å². The van der Waals surface area contributed by atoms with Crippen molar-refractivity contribution < 1.29 is 14.2 Å². The van der Waals surface area contributed by atoms with Crippen LogP contribution in [0.3, 0.4) is 0 Å². The minimum Gasteiger partial charge on any atom is -0.497 e. The lowest BCUT2D eigenvalue weighted by Crippen LogP contribution is -2.09. The molecule has 0 spiro atoms. The van der Waals surface area contributed by atoms with Gasteiger partial charge in [-0.2, -0.15) is 0 Å². The van der Waals surface area contributed by atoms with E-state index in [1.807, 2.05) is 50.2 Å². The predicted molar refractivity (Wildman–Crippen MR) is 89.1 cm³/mol. The molecule has 4 heteroatoms. The first kappa shape index (κ1) is 16.0. The van der Waals surface area contributed by atoms with E-state index in [0.717, 1.165) is 28.5 Å². The first-order chi connectivity index (χ1) is 10.6. The lowest BCUT2D eigenvalue weighted by atomic mass is 10.2. The van der Waals surface area contributed by atoms with Crippen molar-refractivity contribution in [2.45, 2.75) is 26.5 Å². The zero-order chi connectivity index (χ0) is 15.9. The SMILES string of the molecule is COc1ccc(NCc2ccccc2OC(C)C)c(OC)c1. The van der Waals surface area contributed by atoms with Crippen LogP contribution in [0.25, 0.3) is 0 Å². The molecule has 0 aliphatic heterocycles. The summed E-state index contributed by atoms with van der Waals surface area (Å²) >= 11 is 0. The smallest absolute Gasteiger partial charge is 0.145 e. The number of hydrogen-bond donors (Lipinski definition) is 1. The Morgan fingerprint density at radius 2 is 1.73 bits per heavy atom. The number of hydrogen-bond acceptors (Lipinski definition) is 4. The molecule has 0 aromatic heterocycles. The van der Waals surface area contributed by atoms with Gasteiger partial charge in [-0.1, -0.05) is 18.2 Å². The second-order valence-corrected chi connectivity index (χ2v) is 5.19. The van der Waals surface area contributed by atoms with Crippen molar-refractivity contribution in [1.82, 2.24) is 0 Å². The summed E-state index contributed by atoms with van der Waals surface area (Å²) in [6, 6.07) is 13.7. The van der Waals surface area contributed by atoms with Gasteiger partial charge < -0.3 is 19.5 Å². The number of para-hydroxylation sites is 1. The highest BCUT2D eigenvalue weighted by Gasteiger charge is 2.08. The van der Waals surface area contributed by atoms with Crippen LogP contribution in [0.1, 0.15) is 19.4 Å². The fourth-order valence-electron chi connectivity index (χ4n) is 2.15. The molecule has 0 saturated carbocycles. The summed E-state index contributed by atoms with van der Waals surface area (Å²) < 4.78 is 16.4. The van der Waals surface area contributed by atoms with E-state index in [0.29, 0.717) is 6.54 Å². The van der Waals surface area contributed by atoms with Crippen LogP contribution >= 0.6 is 0 Å². The van der Waals surface area contributed by atoms with E-state index in [9.17, 15) is 0 Å². The summed E-state index contributed by atoms with van der Waals surface area (Å²) in [5, 5.41) is 3.38. The Balaban J connectivity index is 2.13. The molecule has 0 saturated heterocycles. The van der Waals surface area contributed by atoms with Gasteiger partial charge in [0, 0.05) is 18.2 Å². The van der Waals surface area contributed by atoms with E-state index in [1.165, 1.54) is 0 Å². The second-order valence-electron chi connectivity index (χ2n) is 5.19. The molecule has 0 aliphatic carbocycles. The molecule has 1 N–H and O–H groups in total. The Labute approximate surface area is 132 Å². The van der Waals surface area contributed by atoms with Gasteiger partial charge in [0.05, 0.1) is 26.0 Å². The molecule has 0 radical (unpaired) electrons. The number of benzene rings is 2. The molecule has 0 fully saturated rings. The normalized spacial score (nSPS) is 10.4. The maximum atomic E-state index is 5.84. The third-order valence-electron chi connectivity index (χ3n) is 3.21. The van der Waals surface area contributed by atoms with E-state index in [1.54, 1.807) is 14.2 Å². The lowest BCUT2D eigenvalue weighted by molar-refractivity contribution is 0.240. The Morgan fingerprint density at radius 1 is 0.955 bits per heavy atom. The Bertz CT molecular complexity index is 611. The van der Waals surface area contributed by atoms with Crippen molar-refractivity contribution >= 4 is 5.69 Å². The summed E-state index contributed by atoms with van der Waals surface area (Å²) in [6.45, 7) is 4.71. The molecule has 0 amide bonds. The molecule has 4 nitrogen and oxygen atoms in total. The van der Waals surface area contributed by atoms with Crippen molar-refractivity contribution in [2.75, 3.05) is 19.5 Å². The minimum absolute atomic E-state index is 0.150. The minimum atomic E-state index is 0.150. The summed E-state index contributed by atoms with van der Waals surface area (Å²) in [7, 11) is 3.29. The predicted octanol–water partition coefficient (Wildman–Crippen LogP) is 4.10. The van der Waals surface area contributed by atoms with Crippen LogP contribution < -0.4 is 19.5 Å². The molecule has 2 aromatic carbocycles. The fraction of sp³-hybridized carbons (Fsp3) is 0.333. The number of methoxy groups -OCH3 is 2. The van der Waals surface area contributed by atoms with Gasteiger partial charge in [0.2, 0.25) is 0 Å². The number of rotatable bonds is 7. The maximum absolute atomic E-state index is 5.84. The third-order valence-corrected chi connectivity index (χ3v) is 3.21. The highest BCUT2D eigenvalue weighted by atomic mass is 16.5. The first-order valence-electron chi connectivity index (χ1n) is 7.34. The van der Waals surface area contributed by atoms with Crippen LogP contribution in [0.15, 0.2) is 42.5 Å². The van der Waals surface area contributed by atoms with Crippen LogP contribution in [0.4, 0.5) is 5.69 Å². The van der Waals surface area contributed by atoms with Crippen LogP contribution in [-0.4, -0.2) is 20.3 Å². The molecule has 118 valence electrons. The van der Waals surface area contributed by atoms with Gasteiger partial charge in [0.1, 0.15) is 17.2 Å². The van der Waals surface area contributed by atoms with Gasteiger partial charge in [-0.15, -0.1) is 0 Å². The van der Waals surface area contributed by atoms with Gasteiger partial charge in [0.15, 0.2) is 0 Å². The average Bonchev–Trinajstić information content (AvgIpc) is 2.53. The number of anilines is 1. The monoisotopic (exact) mass is 301 g/mol. The van der Waals surface area contributed by atoms with Crippen LogP contribution in [0, 0.1) is 0 Å². The van der Waals surface area contributed by atoms with E-state index < -0.39 is 0 Å². The van der Waals surface area contributed by atoms with E-state index in [-0.39, 0.29) is 6.10 Å². The van der Waals surface area contributed by atoms with E-state index in [2.05, 4.69) is 11.4 Å². The largest absolute Gasteiger partial charge is 0.497 e. The molecule has 0 heterocycles. The summed E-state index contributed by atoms with van der Waals surface area (Å²) in [4.78, 5) is 0. The van der Waals surface area contributed by atoms with Crippen LogP contribution in [-0.2, 0) is 6.54 Å². The summed E-state index contributed by atoms with van der Waals surface area (Å²) in [5.41, 5.74) is 2.02. The molecular formula is C18H23NO3. The van der Waals surface area contributed by atoms with Crippen LogP contribution in [0.5, 0.6) is 17.2 Å². The molecule has 22 heavy (non-hydrogen) atoms. The molecule has 2 aromatic rings.